The second-order valence-corrected chi connectivity index (χ2v) is 23.0. The summed E-state index contributed by atoms with van der Waals surface area (Å²) < 4.78 is 14.1. The van der Waals surface area contributed by atoms with Gasteiger partial charge in [0.05, 0.1) is 0 Å². The molecule has 0 bridgehead atoms. The van der Waals surface area contributed by atoms with Gasteiger partial charge in [0.1, 0.15) is 0 Å². The topological polar surface area (TPSA) is 37.3 Å². The molecule has 0 saturated heterocycles. The number of aliphatic hydroxyl groups is 1. The number of fused-ring (bicyclic) bond motifs is 3. The van der Waals surface area contributed by atoms with Gasteiger partial charge in [-0.05, 0) is 0 Å². The third-order valence-corrected chi connectivity index (χ3v) is 13.5. The van der Waals surface area contributed by atoms with Gasteiger partial charge in [-0.2, -0.15) is 0 Å². The van der Waals surface area contributed by atoms with Crippen molar-refractivity contribution in [3.63, 3.8) is 0 Å². The zero-order valence-corrected chi connectivity index (χ0v) is 17.1. The third-order valence-electron chi connectivity index (χ3n) is 4.43. The molecule has 0 atom stereocenters. The molecule has 2 nitrogen and oxygen atoms in total. The second kappa shape index (κ2) is 6.68. The molecule has 0 amide bonds. The Labute approximate surface area is 146 Å². The fourth-order valence-electron chi connectivity index (χ4n) is 3.48. The molecule has 2 aromatic carbocycles. The third kappa shape index (κ3) is 3.16. The van der Waals surface area contributed by atoms with E-state index in [0.717, 1.165) is 0 Å². The van der Waals surface area contributed by atoms with Crippen LogP contribution in [0.3, 0.4) is 0 Å². The van der Waals surface area contributed by atoms with Gasteiger partial charge in [0.2, 0.25) is 0 Å². The van der Waals surface area contributed by atoms with Gasteiger partial charge in [-0.3, -0.25) is 0 Å². The normalized spacial score (nSPS) is 13.6. The Kier molecular flexibility index (Phi) is 6.00. The second-order valence-electron chi connectivity index (χ2n) is 6.35. The first kappa shape index (κ1) is 19.8. The molecule has 0 radical (unpaired) electrons. The Morgan fingerprint density at radius 2 is 1.41 bits per heavy atom. The molecule has 1 N–H and O–H groups in total. The number of benzene rings is 2. The molecule has 119 valence electrons. The summed E-state index contributed by atoms with van der Waals surface area (Å²) in [4.78, 5) is 0. The number of halogens is 2. The molecule has 6 heteroatoms. The summed E-state index contributed by atoms with van der Waals surface area (Å²) in [5.41, 5.74) is 4.75. The van der Waals surface area contributed by atoms with Crippen LogP contribution in [0.5, 0.6) is 0 Å². The van der Waals surface area contributed by atoms with Gasteiger partial charge in [-0.15, -0.1) is 24.8 Å². The van der Waals surface area contributed by atoms with Crippen molar-refractivity contribution >= 4 is 32.4 Å². The van der Waals surface area contributed by atoms with Crippen LogP contribution in [0.1, 0.15) is 15.3 Å². The summed E-state index contributed by atoms with van der Waals surface area (Å²) in [6, 6.07) is 16.5. The van der Waals surface area contributed by atoms with Crippen molar-refractivity contribution in [3.05, 3.63) is 59.7 Å². The van der Waals surface area contributed by atoms with Crippen LogP contribution >= 0.6 is 24.8 Å². The van der Waals surface area contributed by atoms with Crippen molar-refractivity contribution in [3.8, 4) is 11.1 Å². The summed E-state index contributed by atoms with van der Waals surface area (Å²) >= 11 is -3.99. The van der Waals surface area contributed by atoms with Gasteiger partial charge in [-0.1, -0.05) is 0 Å². The zero-order valence-electron chi connectivity index (χ0n) is 12.5. The first-order valence-electron chi connectivity index (χ1n) is 7.00. The minimum atomic E-state index is -3.99. The molecule has 0 fully saturated rings. The quantitative estimate of drug-likeness (QED) is 0.810. The SMILES string of the molecule is Cl.Cl.[CH3][Ti](=[O])(=[SiH2])([CH2]CO)[CH]1c2ccccc2-c2ccccc21. The molecule has 0 aromatic heterocycles. The van der Waals surface area contributed by atoms with Crippen LogP contribution in [0.25, 0.3) is 11.1 Å². The molecule has 1 aliphatic carbocycles. The molecule has 22 heavy (non-hydrogen) atoms. The summed E-state index contributed by atoms with van der Waals surface area (Å²) in [7, 11) is 1.67. The van der Waals surface area contributed by atoms with E-state index in [2.05, 4.69) is 24.3 Å². The maximum atomic E-state index is 13.7. The molecule has 0 heterocycles. The van der Waals surface area contributed by atoms with Crippen molar-refractivity contribution in [2.24, 2.45) is 0 Å². The molecule has 0 unspecified atom stereocenters. The summed E-state index contributed by atoms with van der Waals surface area (Å²) in [6.07, 6.45) is 0. The summed E-state index contributed by atoms with van der Waals surface area (Å²) in [5.74, 6) is 0. The molecule has 0 spiro atoms. The van der Waals surface area contributed by atoms with E-state index in [1.165, 1.54) is 22.3 Å². The van der Waals surface area contributed by atoms with E-state index in [1.54, 1.807) is 7.63 Å². The Bertz CT molecular complexity index is 769. The van der Waals surface area contributed by atoms with E-state index in [9.17, 15) is 8.43 Å². The Morgan fingerprint density at radius 3 is 1.82 bits per heavy atom. The van der Waals surface area contributed by atoms with Gasteiger partial charge in [0.25, 0.3) is 0 Å². The van der Waals surface area contributed by atoms with Crippen LogP contribution in [0, 0.1) is 0 Å². The monoisotopic (exact) mass is 391 g/mol. The van der Waals surface area contributed by atoms with Gasteiger partial charge in [0.15, 0.2) is 0 Å². The first-order valence-corrected chi connectivity index (χ1v) is 15.2. The van der Waals surface area contributed by atoms with Crippen molar-refractivity contribution in [2.45, 2.75) is 14.2 Å². The van der Waals surface area contributed by atoms with E-state index in [0.29, 0.717) is 4.73 Å². The number of aliphatic hydroxyl groups excluding tert-OH is 1. The van der Waals surface area contributed by atoms with E-state index in [1.807, 2.05) is 29.5 Å². The molecule has 0 aliphatic heterocycles. The Balaban J connectivity index is 0.00000121. The Hall–Kier alpha value is -0.289. The van der Waals surface area contributed by atoms with Gasteiger partial charge in [0, 0.05) is 0 Å². The van der Waals surface area contributed by atoms with Gasteiger partial charge in [-0.25, -0.2) is 0 Å². The van der Waals surface area contributed by atoms with Gasteiger partial charge >= 0.3 is 122 Å². The van der Waals surface area contributed by atoms with Crippen LogP contribution in [0.2, 0.25) is 9.95 Å². The van der Waals surface area contributed by atoms with E-state index >= 15 is 0 Å². The fraction of sp³-hybridized carbons (Fsp3) is 0.250. The molecule has 0 saturated carbocycles. The van der Waals surface area contributed by atoms with Crippen LogP contribution in [-0.2, 0) is 17.3 Å². The van der Waals surface area contributed by atoms with Crippen molar-refractivity contribution in [1.82, 2.24) is 0 Å². The standard InChI is InChI=1S/C13H9.C2H5O.CH3.2ClH.O.H2Si.Ti/c1-3-7-12-10(5-1)9-11-6-2-4-8-13(11)12;1-2-3;;;;;;/h1-9H;3H,1-2H2;1H3;2*1H;;1H2;. The fourth-order valence-corrected chi connectivity index (χ4v) is 10.9. The number of rotatable bonds is 3. The average Bonchev–Trinajstić information content (AvgIpc) is 2.73. The van der Waals surface area contributed by atoms with Crippen molar-refractivity contribution < 1.29 is 22.4 Å². The van der Waals surface area contributed by atoms with E-state index in [4.69, 9.17) is 0 Å². The molecular formula is C16H21Cl2O2SiTi. The zero-order chi connectivity index (χ0) is 14.4. The van der Waals surface area contributed by atoms with Crippen LogP contribution in [0.4, 0.5) is 0 Å². The molecule has 2 aromatic rings. The predicted molar refractivity (Wildman–Crippen MR) is 95.2 cm³/mol. The van der Waals surface area contributed by atoms with Crippen molar-refractivity contribution in [2.75, 3.05) is 6.61 Å². The molecular weight excluding hydrogens is 371 g/mol. The van der Waals surface area contributed by atoms with Crippen molar-refractivity contribution in [1.29, 1.82) is 0 Å². The van der Waals surface area contributed by atoms with Crippen LogP contribution in [-0.4, -0.2) is 19.3 Å². The minimum absolute atomic E-state index is 0. The molecule has 3 rings (SSSR count). The van der Waals surface area contributed by atoms with E-state index in [-0.39, 0.29) is 35.6 Å². The number of hydrogen-bond donors (Lipinski definition) is 1. The first-order chi connectivity index (χ1) is 9.42. The predicted octanol–water partition coefficient (Wildman–Crippen LogP) is 3.64. The Morgan fingerprint density at radius 1 is 1.00 bits per heavy atom. The molecule has 1 aliphatic rings. The summed E-state index contributed by atoms with van der Waals surface area (Å²) in [6.45, 7) is 0.00152. The van der Waals surface area contributed by atoms with Crippen LogP contribution in [0.15, 0.2) is 48.5 Å². The average molecular weight is 392 g/mol. The van der Waals surface area contributed by atoms with Crippen LogP contribution < -0.4 is 0 Å². The summed E-state index contributed by atoms with van der Waals surface area (Å²) in [5, 5.41) is 11.3. The van der Waals surface area contributed by atoms with Gasteiger partial charge < -0.3 is 0 Å². The van der Waals surface area contributed by atoms with E-state index < -0.39 is 14.0 Å². The number of hydrogen-bond acceptors (Lipinski definition) is 2. The maximum absolute atomic E-state index is 13.7.